The van der Waals surface area contributed by atoms with Gasteiger partial charge in [-0.05, 0) is 23.5 Å². The van der Waals surface area contributed by atoms with E-state index in [0.717, 1.165) is 19.6 Å². The Morgan fingerprint density at radius 1 is 1.24 bits per heavy atom. The summed E-state index contributed by atoms with van der Waals surface area (Å²) < 4.78 is 4.41. The smallest absolute Gasteiger partial charge is 0.0946 e. The van der Waals surface area contributed by atoms with Gasteiger partial charge in [-0.25, -0.2) is 4.98 Å². The zero-order chi connectivity index (χ0) is 15.3. The van der Waals surface area contributed by atoms with Gasteiger partial charge in [0.05, 0.1) is 6.33 Å². The van der Waals surface area contributed by atoms with E-state index in [2.05, 4.69) is 65.6 Å². The van der Waals surface area contributed by atoms with Crippen LogP contribution in [0.4, 0.5) is 0 Å². The van der Waals surface area contributed by atoms with Crippen molar-refractivity contribution in [1.29, 1.82) is 0 Å². The molecular formula is C17H28N4. The average Bonchev–Trinajstić information content (AvgIpc) is 3.05. The zero-order valence-corrected chi connectivity index (χ0v) is 13.7. The Balaban J connectivity index is 1.95. The summed E-state index contributed by atoms with van der Waals surface area (Å²) in [5.74, 6) is 0. The fourth-order valence-electron chi connectivity index (χ4n) is 2.48. The van der Waals surface area contributed by atoms with Crippen molar-refractivity contribution in [2.45, 2.75) is 59.8 Å². The van der Waals surface area contributed by atoms with Crippen LogP contribution in [0.25, 0.3) is 0 Å². The molecule has 0 aliphatic carbocycles. The third-order valence-electron chi connectivity index (χ3n) is 3.84. The molecule has 0 radical (unpaired) electrons. The first kappa shape index (κ1) is 15.8. The van der Waals surface area contributed by atoms with Crippen LogP contribution >= 0.6 is 0 Å². The highest BCUT2D eigenvalue weighted by atomic mass is 15.1. The minimum Gasteiger partial charge on any atom is -0.354 e. The van der Waals surface area contributed by atoms with E-state index in [9.17, 15) is 0 Å². The molecule has 1 unspecified atom stereocenters. The van der Waals surface area contributed by atoms with E-state index in [-0.39, 0.29) is 5.41 Å². The topological polar surface area (TPSA) is 34.8 Å². The second-order valence-corrected chi connectivity index (χ2v) is 6.82. The molecule has 2 rings (SSSR count). The van der Waals surface area contributed by atoms with E-state index in [0.29, 0.717) is 6.04 Å². The summed E-state index contributed by atoms with van der Waals surface area (Å²) in [4.78, 5) is 4.13. The van der Waals surface area contributed by atoms with Gasteiger partial charge in [0.2, 0.25) is 0 Å². The number of rotatable bonds is 7. The van der Waals surface area contributed by atoms with Crippen LogP contribution in [0.1, 0.15) is 39.7 Å². The minimum absolute atomic E-state index is 0.205. The highest BCUT2D eigenvalue weighted by Gasteiger charge is 2.24. The highest BCUT2D eigenvalue weighted by Crippen LogP contribution is 2.21. The molecule has 0 fully saturated rings. The van der Waals surface area contributed by atoms with Crippen LogP contribution in [-0.2, 0) is 19.6 Å². The summed E-state index contributed by atoms with van der Waals surface area (Å²) in [6.45, 7) is 12.0. The van der Waals surface area contributed by atoms with E-state index in [1.165, 1.54) is 12.0 Å². The number of hydrogen-bond acceptors (Lipinski definition) is 2. The van der Waals surface area contributed by atoms with Crippen molar-refractivity contribution in [1.82, 2.24) is 19.4 Å². The van der Waals surface area contributed by atoms with Gasteiger partial charge in [0.25, 0.3) is 0 Å². The molecule has 0 saturated heterocycles. The van der Waals surface area contributed by atoms with Gasteiger partial charge >= 0.3 is 0 Å². The number of nitrogens with one attached hydrogen (secondary N) is 1. The van der Waals surface area contributed by atoms with Crippen LogP contribution < -0.4 is 5.32 Å². The molecule has 1 N–H and O–H groups in total. The van der Waals surface area contributed by atoms with E-state index < -0.39 is 0 Å². The average molecular weight is 288 g/mol. The molecule has 0 aliphatic rings. The Morgan fingerprint density at radius 3 is 2.67 bits per heavy atom. The lowest BCUT2D eigenvalue weighted by Crippen LogP contribution is -2.42. The lowest BCUT2D eigenvalue weighted by molar-refractivity contribution is 0.240. The lowest BCUT2D eigenvalue weighted by atomic mass is 9.86. The molecule has 4 nitrogen and oxygen atoms in total. The van der Waals surface area contributed by atoms with E-state index in [1.54, 1.807) is 0 Å². The van der Waals surface area contributed by atoms with Crippen molar-refractivity contribution < 1.29 is 0 Å². The molecule has 0 saturated carbocycles. The number of aryl methyl sites for hydroxylation is 1. The van der Waals surface area contributed by atoms with Crippen LogP contribution in [0.3, 0.4) is 0 Å². The Hall–Kier alpha value is -1.55. The number of hydrogen-bond donors (Lipinski definition) is 1. The molecular weight excluding hydrogens is 260 g/mol. The first-order valence-corrected chi connectivity index (χ1v) is 7.83. The van der Waals surface area contributed by atoms with Crippen molar-refractivity contribution in [3.63, 3.8) is 0 Å². The molecule has 0 aliphatic heterocycles. The van der Waals surface area contributed by atoms with Gasteiger partial charge in [0.1, 0.15) is 0 Å². The summed E-state index contributed by atoms with van der Waals surface area (Å²) in [6, 6.07) is 2.61. The van der Waals surface area contributed by atoms with Crippen LogP contribution in [0.5, 0.6) is 0 Å². The molecule has 2 aromatic rings. The Kier molecular flexibility index (Phi) is 5.23. The molecule has 4 heteroatoms. The first-order valence-electron chi connectivity index (χ1n) is 7.83. The molecule has 0 amide bonds. The van der Waals surface area contributed by atoms with E-state index >= 15 is 0 Å². The molecule has 0 aromatic carbocycles. The first-order chi connectivity index (χ1) is 9.99. The molecule has 0 bridgehead atoms. The summed E-state index contributed by atoms with van der Waals surface area (Å²) in [6.07, 6.45) is 11.3. The van der Waals surface area contributed by atoms with Gasteiger partial charge in [0, 0.05) is 50.5 Å². The van der Waals surface area contributed by atoms with Crippen molar-refractivity contribution in [2.75, 3.05) is 0 Å². The monoisotopic (exact) mass is 288 g/mol. The van der Waals surface area contributed by atoms with Crippen LogP contribution in [0, 0.1) is 5.41 Å². The van der Waals surface area contributed by atoms with E-state index in [1.807, 2.05) is 18.7 Å². The Bertz CT molecular complexity index is 519. The molecule has 2 aromatic heterocycles. The van der Waals surface area contributed by atoms with Crippen molar-refractivity contribution >= 4 is 0 Å². The van der Waals surface area contributed by atoms with E-state index in [4.69, 9.17) is 0 Å². The summed E-state index contributed by atoms with van der Waals surface area (Å²) in [5, 5.41) is 3.71. The predicted octanol–water partition coefficient (Wildman–Crippen LogP) is 3.30. The summed E-state index contributed by atoms with van der Waals surface area (Å²) in [5.41, 5.74) is 1.55. The fraction of sp³-hybridized carbons (Fsp3) is 0.588. The van der Waals surface area contributed by atoms with Crippen molar-refractivity contribution in [3.8, 4) is 0 Å². The van der Waals surface area contributed by atoms with Gasteiger partial charge in [-0.1, -0.05) is 27.7 Å². The number of imidazole rings is 1. The minimum atomic E-state index is 0.205. The van der Waals surface area contributed by atoms with Crippen LogP contribution in [-0.4, -0.2) is 20.2 Å². The SMILES string of the molecule is CCCn1ccc(CNC(Cn2ccnc2)C(C)(C)C)c1. The predicted molar refractivity (Wildman–Crippen MR) is 87.0 cm³/mol. The summed E-state index contributed by atoms with van der Waals surface area (Å²) >= 11 is 0. The van der Waals surface area contributed by atoms with Gasteiger partial charge in [0.15, 0.2) is 0 Å². The third-order valence-corrected chi connectivity index (χ3v) is 3.84. The molecule has 2 heterocycles. The normalized spacial score (nSPS) is 13.5. The highest BCUT2D eigenvalue weighted by molar-refractivity contribution is 5.10. The van der Waals surface area contributed by atoms with Gasteiger partial charge in [-0.15, -0.1) is 0 Å². The summed E-state index contributed by atoms with van der Waals surface area (Å²) in [7, 11) is 0. The van der Waals surface area contributed by atoms with Crippen molar-refractivity contribution in [2.24, 2.45) is 5.41 Å². The van der Waals surface area contributed by atoms with Gasteiger partial charge in [-0.3, -0.25) is 0 Å². The maximum atomic E-state index is 4.13. The molecule has 21 heavy (non-hydrogen) atoms. The maximum Gasteiger partial charge on any atom is 0.0946 e. The number of nitrogens with zero attached hydrogens (tertiary/aromatic N) is 3. The van der Waals surface area contributed by atoms with Crippen molar-refractivity contribution in [3.05, 3.63) is 42.7 Å². The van der Waals surface area contributed by atoms with Crippen LogP contribution in [0.2, 0.25) is 0 Å². The van der Waals surface area contributed by atoms with Crippen LogP contribution in [0.15, 0.2) is 37.2 Å². The largest absolute Gasteiger partial charge is 0.354 e. The zero-order valence-electron chi connectivity index (χ0n) is 13.7. The maximum absolute atomic E-state index is 4.13. The molecule has 116 valence electrons. The molecule has 1 atom stereocenters. The second kappa shape index (κ2) is 6.94. The fourth-order valence-corrected chi connectivity index (χ4v) is 2.48. The Labute approximate surface area is 128 Å². The number of aromatic nitrogens is 3. The van der Waals surface area contributed by atoms with Gasteiger partial charge in [-0.2, -0.15) is 0 Å². The third kappa shape index (κ3) is 4.74. The second-order valence-electron chi connectivity index (χ2n) is 6.82. The lowest BCUT2D eigenvalue weighted by Gasteiger charge is -2.32. The Morgan fingerprint density at radius 2 is 2.05 bits per heavy atom. The quantitative estimate of drug-likeness (QED) is 0.848. The standard InChI is InChI=1S/C17H28N4/c1-5-8-20-9-6-15(12-20)11-19-16(17(2,3)4)13-21-10-7-18-14-21/h6-7,9-10,12,14,16,19H,5,8,11,13H2,1-4H3. The molecule has 0 spiro atoms. The van der Waals surface area contributed by atoms with Gasteiger partial charge < -0.3 is 14.5 Å².